The van der Waals surface area contributed by atoms with Gasteiger partial charge in [0.2, 0.25) is 17.7 Å². The molecule has 1 aromatic carbocycles. The fraction of sp³-hybridized carbons (Fsp3) is 0.533. The number of amides is 3. The number of nitrogens with two attached hydrogens (primary N) is 1. The summed E-state index contributed by atoms with van der Waals surface area (Å²) in [7, 11) is 3.13. The Morgan fingerprint density at radius 1 is 1.08 bits per heavy atom. The third-order valence-corrected chi connectivity index (χ3v) is 8.27. The fourth-order valence-electron chi connectivity index (χ4n) is 6.13. The molecule has 4 rings (SSSR count). The van der Waals surface area contributed by atoms with E-state index in [0.717, 1.165) is 24.0 Å². The van der Waals surface area contributed by atoms with Crippen LogP contribution in [0.1, 0.15) is 62.1 Å². The van der Waals surface area contributed by atoms with Gasteiger partial charge >= 0.3 is 0 Å². The van der Waals surface area contributed by atoms with Crippen molar-refractivity contribution in [2.24, 2.45) is 17.6 Å². The van der Waals surface area contributed by atoms with E-state index in [2.05, 4.69) is 15.6 Å². The van der Waals surface area contributed by atoms with Crippen LogP contribution in [0, 0.1) is 11.8 Å². The number of carbonyl (C=O) groups excluding carboxylic acids is 3. The molecule has 9 nitrogen and oxygen atoms in total. The van der Waals surface area contributed by atoms with E-state index in [-0.39, 0.29) is 30.1 Å². The van der Waals surface area contributed by atoms with Crippen molar-refractivity contribution in [1.82, 2.24) is 20.5 Å². The molecule has 1 aliphatic carbocycles. The minimum Gasteiger partial charge on any atom is -0.496 e. The summed E-state index contributed by atoms with van der Waals surface area (Å²) >= 11 is 0. The van der Waals surface area contributed by atoms with E-state index in [9.17, 15) is 14.4 Å². The van der Waals surface area contributed by atoms with Gasteiger partial charge in [-0.25, -0.2) is 0 Å². The van der Waals surface area contributed by atoms with Crippen LogP contribution in [-0.4, -0.2) is 60.4 Å². The predicted molar refractivity (Wildman–Crippen MR) is 149 cm³/mol. The lowest BCUT2D eigenvalue weighted by Crippen LogP contribution is -2.53. The molecule has 2 aliphatic rings. The molecule has 39 heavy (non-hydrogen) atoms. The van der Waals surface area contributed by atoms with Crippen molar-refractivity contribution in [2.75, 3.05) is 20.7 Å². The number of methoxy groups -OCH3 is 1. The van der Waals surface area contributed by atoms with Gasteiger partial charge in [0.15, 0.2) is 0 Å². The number of aromatic nitrogens is 1. The molecule has 0 spiro atoms. The van der Waals surface area contributed by atoms with Gasteiger partial charge in [0.25, 0.3) is 0 Å². The molecule has 0 radical (unpaired) electrons. The predicted octanol–water partition coefficient (Wildman–Crippen LogP) is 2.75. The molecule has 2 aromatic rings. The highest BCUT2D eigenvalue weighted by molar-refractivity contribution is 5.92. The topological polar surface area (TPSA) is 127 Å². The molecular formula is C30H41N5O4. The van der Waals surface area contributed by atoms with Crippen LogP contribution in [0.25, 0.3) is 0 Å². The first-order valence-electron chi connectivity index (χ1n) is 14.0. The molecule has 2 heterocycles. The van der Waals surface area contributed by atoms with Crippen molar-refractivity contribution < 1.29 is 19.1 Å². The van der Waals surface area contributed by atoms with Crippen molar-refractivity contribution in [1.29, 1.82) is 0 Å². The highest BCUT2D eigenvalue weighted by Gasteiger charge is 2.43. The molecule has 1 saturated heterocycles. The first-order valence-corrected chi connectivity index (χ1v) is 14.0. The molecule has 4 atom stereocenters. The number of likely N-dealkylation sites (tertiary alicyclic amines) is 1. The smallest absolute Gasteiger partial charge is 0.243 e. The van der Waals surface area contributed by atoms with Crippen LogP contribution in [0.5, 0.6) is 5.75 Å². The zero-order valence-electron chi connectivity index (χ0n) is 23.0. The quantitative estimate of drug-likeness (QED) is 0.429. The molecule has 4 N–H and O–H groups in total. The summed E-state index contributed by atoms with van der Waals surface area (Å²) in [6.45, 7) is 0.537. The van der Waals surface area contributed by atoms with Gasteiger partial charge in [0.05, 0.1) is 7.11 Å². The second kappa shape index (κ2) is 13.6. The van der Waals surface area contributed by atoms with E-state index >= 15 is 0 Å². The van der Waals surface area contributed by atoms with Crippen LogP contribution in [0.15, 0.2) is 48.8 Å². The van der Waals surface area contributed by atoms with E-state index in [1.54, 1.807) is 31.5 Å². The molecule has 1 aromatic heterocycles. The number of likely N-dealkylation sites (N-methyl/N-ethyl adjacent to an activating group) is 1. The van der Waals surface area contributed by atoms with E-state index < -0.39 is 18.1 Å². The summed E-state index contributed by atoms with van der Waals surface area (Å²) < 4.78 is 5.44. The highest BCUT2D eigenvalue weighted by Crippen LogP contribution is 2.38. The van der Waals surface area contributed by atoms with Gasteiger partial charge in [0.1, 0.15) is 17.8 Å². The van der Waals surface area contributed by atoms with Gasteiger partial charge in [-0.15, -0.1) is 0 Å². The Morgan fingerprint density at radius 3 is 2.49 bits per heavy atom. The Morgan fingerprint density at radius 2 is 1.79 bits per heavy atom. The number of carbonyl (C=O) groups is 3. The summed E-state index contributed by atoms with van der Waals surface area (Å²) in [5.41, 5.74) is 8.13. The summed E-state index contributed by atoms with van der Waals surface area (Å²) in [5.74, 6) is 0.663. The Balaban J connectivity index is 1.52. The minimum atomic E-state index is -0.758. The first-order chi connectivity index (χ1) is 18.9. The van der Waals surface area contributed by atoms with Crippen molar-refractivity contribution in [3.05, 3.63) is 59.9 Å². The van der Waals surface area contributed by atoms with Crippen LogP contribution < -0.4 is 21.1 Å². The second-order valence-electron chi connectivity index (χ2n) is 10.7. The third kappa shape index (κ3) is 7.15. The van der Waals surface area contributed by atoms with Gasteiger partial charge in [-0.2, -0.15) is 0 Å². The van der Waals surface area contributed by atoms with Gasteiger partial charge in [-0.3, -0.25) is 19.4 Å². The maximum Gasteiger partial charge on any atom is 0.243 e. The van der Waals surface area contributed by atoms with Gasteiger partial charge in [0, 0.05) is 50.4 Å². The van der Waals surface area contributed by atoms with Crippen molar-refractivity contribution in [2.45, 2.75) is 69.5 Å². The molecular weight excluding hydrogens is 494 g/mol. The fourth-order valence-corrected chi connectivity index (χ4v) is 6.13. The summed E-state index contributed by atoms with van der Waals surface area (Å²) in [6, 6.07) is 9.12. The minimum absolute atomic E-state index is 0.0669. The third-order valence-electron chi connectivity index (χ3n) is 8.27. The van der Waals surface area contributed by atoms with Crippen molar-refractivity contribution in [3.8, 4) is 5.75 Å². The number of ether oxygens (including phenoxy) is 1. The number of nitrogens with zero attached hydrogens (tertiary/aromatic N) is 2. The largest absolute Gasteiger partial charge is 0.496 e. The average Bonchev–Trinajstić information content (AvgIpc) is 3.43. The number of rotatable bonds is 10. The Bertz CT molecular complexity index is 1120. The normalized spacial score (nSPS) is 21.2. The maximum absolute atomic E-state index is 13.7. The Hall–Kier alpha value is -3.46. The van der Waals surface area contributed by atoms with E-state index in [4.69, 9.17) is 10.5 Å². The molecule has 1 aliphatic heterocycles. The lowest BCUT2D eigenvalue weighted by molar-refractivity contribution is -0.139. The molecule has 2 fully saturated rings. The standard InChI is InChI=1S/C30H41N5O4/c1-32-29(37)25(16-20-12-14-33-15-13-20)34-30(38)26-17-22(21-8-4-3-5-9-21)19-35(26)28(36)18-24(31)23-10-6-7-11-27(23)39-2/h6-7,10-15,21-22,24-26H,3-5,8-9,16-19,31H2,1-2H3,(H,32,37)(H,34,38)/t22?,24?,25-,26-/m0/s1. The average molecular weight is 536 g/mol. The summed E-state index contributed by atoms with van der Waals surface area (Å²) in [4.78, 5) is 45.8. The zero-order valence-corrected chi connectivity index (χ0v) is 23.0. The molecule has 2 unspecified atom stereocenters. The second-order valence-corrected chi connectivity index (χ2v) is 10.7. The lowest BCUT2D eigenvalue weighted by Gasteiger charge is -2.28. The first kappa shape index (κ1) is 28.5. The molecule has 9 heteroatoms. The summed E-state index contributed by atoms with van der Waals surface area (Å²) in [6.07, 6.45) is 10.2. The molecule has 210 valence electrons. The number of pyridine rings is 1. The Kier molecular flexibility index (Phi) is 9.92. The van der Waals surface area contributed by atoms with Crippen LogP contribution in [0.4, 0.5) is 0 Å². The molecule has 0 bridgehead atoms. The Labute approximate surface area is 230 Å². The lowest BCUT2D eigenvalue weighted by atomic mass is 9.79. The highest BCUT2D eigenvalue weighted by atomic mass is 16.5. The molecule has 3 amide bonds. The van der Waals surface area contributed by atoms with Crippen molar-refractivity contribution in [3.63, 3.8) is 0 Å². The van der Waals surface area contributed by atoms with Crippen LogP contribution in [0.3, 0.4) is 0 Å². The number of nitrogens with one attached hydrogen (secondary N) is 2. The van der Waals surface area contributed by atoms with Gasteiger partial charge in [-0.05, 0) is 42.0 Å². The van der Waals surface area contributed by atoms with Gasteiger partial charge < -0.3 is 26.0 Å². The zero-order chi connectivity index (χ0) is 27.8. The number of para-hydroxylation sites is 1. The summed E-state index contributed by atoms with van der Waals surface area (Å²) in [5, 5.41) is 5.61. The number of hydrogen-bond acceptors (Lipinski definition) is 6. The monoisotopic (exact) mass is 535 g/mol. The van der Waals surface area contributed by atoms with E-state index in [0.29, 0.717) is 31.1 Å². The number of benzene rings is 1. The van der Waals surface area contributed by atoms with Crippen LogP contribution in [-0.2, 0) is 20.8 Å². The SMILES string of the molecule is CNC(=O)[C@H](Cc1ccncc1)NC(=O)[C@@H]1CC(C2CCCCC2)CN1C(=O)CC(N)c1ccccc1OC. The maximum atomic E-state index is 13.7. The number of hydrogen-bond donors (Lipinski definition) is 3. The van der Waals surface area contributed by atoms with Crippen LogP contribution >= 0.6 is 0 Å². The van der Waals surface area contributed by atoms with Gasteiger partial charge in [-0.1, -0.05) is 50.3 Å². The van der Waals surface area contributed by atoms with Crippen molar-refractivity contribution >= 4 is 17.7 Å². The molecule has 1 saturated carbocycles. The van der Waals surface area contributed by atoms with E-state index in [1.165, 1.54) is 19.3 Å². The van der Waals surface area contributed by atoms with Crippen LogP contribution in [0.2, 0.25) is 0 Å². The van der Waals surface area contributed by atoms with E-state index in [1.807, 2.05) is 36.4 Å².